The standard InChI is InChI=1S/C12H22N2O3/c1-10(13-11-2-6-16-7-3-11)12(15)14-4-8-17-9-5-14/h10-11,13H,2-9H2,1H3. The van der Waals surface area contributed by atoms with E-state index in [4.69, 9.17) is 9.47 Å². The van der Waals surface area contributed by atoms with E-state index in [-0.39, 0.29) is 11.9 Å². The van der Waals surface area contributed by atoms with Crippen LogP contribution >= 0.6 is 0 Å². The zero-order valence-electron chi connectivity index (χ0n) is 10.5. The van der Waals surface area contributed by atoms with E-state index >= 15 is 0 Å². The van der Waals surface area contributed by atoms with Crippen molar-refractivity contribution in [2.45, 2.75) is 31.8 Å². The Balaban J connectivity index is 1.77. The third kappa shape index (κ3) is 3.66. The lowest BCUT2D eigenvalue weighted by Crippen LogP contribution is -2.52. The Bertz CT molecular complexity index is 248. The molecule has 0 radical (unpaired) electrons. The minimum Gasteiger partial charge on any atom is -0.381 e. The first-order valence-electron chi connectivity index (χ1n) is 6.47. The van der Waals surface area contributed by atoms with Crippen LogP contribution in [0.15, 0.2) is 0 Å². The molecule has 2 fully saturated rings. The van der Waals surface area contributed by atoms with Crippen LogP contribution in [-0.2, 0) is 14.3 Å². The summed E-state index contributed by atoms with van der Waals surface area (Å²) in [6.45, 7) is 6.32. The molecule has 5 nitrogen and oxygen atoms in total. The Labute approximate surface area is 102 Å². The molecule has 2 rings (SSSR count). The highest BCUT2D eigenvalue weighted by atomic mass is 16.5. The van der Waals surface area contributed by atoms with Crippen LogP contribution in [0.1, 0.15) is 19.8 Å². The van der Waals surface area contributed by atoms with E-state index in [1.165, 1.54) is 0 Å². The second-order valence-corrected chi connectivity index (χ2v) is 4.71. The van der Waals surface area contributed by atoms with E-state index in [1.807, 2.05) is 11.8 Å². The number of nitrogens with zero attached hydrogens (tertiary/aromatic N) is 1. The van der Waals surface area contributed by atoms with Crippen molar-refractivity contribution < 1.29 is 14.3 Å². The fourth-order valence-corrected chi connectivity index (χ4v) is 2.35. The molecular weight excluding hydrogens is 220 g/mol. The highest BCUT2D eigenvalue weighted by Crippen LogP contribution is 2.08. The van der Waals surface area contributed by atoms with Gasteiger partial charge in [-0.15, -0.1) is 0 Å². The summed E-state index contributed by atoms with van der Waals surface area (Å²) in [6, 6.07) is 0.319. The average molecular weight is 242 g/mol. The molecule has 1 N–H and O–H groups in total. The molecule has 0 saturated carbocycles. The highest BCUT2D eigenvalue weighted by molar-refractivity contribution is 5.81. The molecule has 0 aromatic rings. The van der Waals surface area contributed by atoms with E-state index in [9.17, 15) is 4.79 Å². The first kappa shape index (κ1) is 12.8. The van der Waals surface area contributed by atoms with Gasteiger partial charge in [-0.2, -0.15) is 0 Å². The van der Waals surface area contributed by atoms with Crippen molar-refractivity contribution in [3.63, 3.8) is 0 Å². The topological polar surface area (TPSA) is 50.8 Å². The summed E-state index contributed by atoms with van der Waals surface area (Å²) in [6.07, 6.45) is 2.00. The van der Waals surface area contributed by atoms with Gasteiger partial charge in [0.05, 0.1) is 19.3 Å². The van der Waals surface area contributed by atoms with Crippen molar-refractivity contribution in [2.75, 3.05) is 39.5 Å². The predicted octanol–water partition coefficient (Wildman–Crippen LogP) is 0.00230. The van der Waals surface area contributed by atoms with Crippen LogP contribution in [0.3, 0.4) is 0 Å². The lowest BCUT2D eigenvalue weighted by Gasteiger charge is -2.32. The molecule has 5 heteroatoms. The average Bonchev–Trinajstić information content (AvgIpc) is 2.40. The van der Waals surface area contributed by atoms with Gasteiger partial charge in [0.25, 0.3) is 0 Å². The van der Waals surface area contributed by atoms with Crippen LogP contribution in [0.4, 0.5) is 0 Å². The number of carbonyl (C=O) groups is 1. The smallest absolute Gasteiger partial charge is 0.239 e. The van der Waals surface area contributed by atoms with E-state index in [0.717, 1.165) is 39.1 Å². The minimum atomic E-state index is -0.101. The molecule has 0 aromatic carbocycles. The molecule has 2 heterocycles. The maximum Gasteiger partial charge on any atom is 0.239 e. The molecule has 1 atom stereocenters. The summed E-state index contributed by atoms with van der Waals surface area (Å²) < 4.78 is 10.6. The fourth-order valence-electron chi connectivity index (χ4n) is 2.35. The molecule has 2 aliphatic rings. The number of rotatable bonds is 3. The maximum absolute atomic E-state index is 12.1. The fraction of sp³-hybridized carbons (Fsp3) is 0.917. The van der Waals surface area contributed by atoms with Crippen molar-refractivity contribution in [1.82, 2.24) is 10.2 Å². The molecule has 2 saturated heterocycles. The first-order chi connectivity index (χ1) is 8.27. The third-order valence-electron chi connectivity index (χ3n) is 3.40. The van der Waals surface area contributed by atoms with Gasteiger partial charge in [0.1, 0.15) is 0 Å². The van der Waals surface area contributed by atoms with Crippen LogP contribution in [0, 0.1) is 0 Å². The van der Waals surface area contributed by atoms with Crippen molar-refractivity contribution in [2.24, 2.45) is 0 Å². The van der Waals surface area contributed by atoms with Crippen LogP contribution in [0.25, 0.3) is 0 Å². The summed E-state index contributed by atoms with van der Waals surface area (Å²) in [4.78, 5) is 14.0. The van der Waals surface area contributed by atoms with Crippen molar-refractivity contribution in [1.29, 1.82) is 0 Å². The molecule has 0 aromatic heterocycles. The van der Waals surface area contributed by atoms with Gasteiger partial charge in [-0.25, -0.2) is 0 Å². The number of carbonyl (C=O) groups excluding carboxylic acids is 1. The first-order valence-corrected chi connectivity index (χ1v) is 6.47. The van der Waals surface area contributed by atoms with Gasteiger partial charge in [0.15, 0.2) is 0 Å². The second-order valence-electron chi connectivity index (χ2n) is 4.71. The Morgan fingerprint density at radius 1 is 1.18 bits per heavy atom. The number of hydrogen-bond donors (Lipinski definition) is 1. The van der Waals surface area contributed by atoms with Crippen LogP contribution in [0.5, 0.6) is 0 Å². The SMILES string of the molecule is CC(NC1CCOCC1)C(=O)N1CCOCC1. The summed E-state index contributed by atoms with van der Waals surface area (Å²) in [7, 11) is 0. The molecular formula is C12H22N2O3. The zero-order valence-corrected chi connectivity index (χ0v) is 10.5. The Morgan fingerprint density at radius 2 is 1.76 bits per heavy atom. The Kier molecular flexibility index (Phi) is 4.76. The Morgan fingerprint density at radius 3 is 2.41 bits per heavy atom. The van der Waals surface area contributed by atoms with E-state index < -0.39 is 0 Å². The molecule has 0 spiro atoms. The molecule has 0 bridgehead atoms. The number of nitrogens with one attached hydrogen (secondary N) is 1. The quantitative estimate of drug-likeness (QED) is 0.757. The largest absolute Gasteiger partial charge is 0.381 e. The summed E-state index contributed by atoms with van der Waals surface area (Å²) in [5.74, 6) is 0.194. The van der Waals surface area contributed by atoms with Gasteiger partial charge < -0.3 is 19.7 Å². The van der Waals surface area contributed by atoms with E-state index in [1.54, 1.807) is 0 Å². The summed E-state index contributed by atoms with van der Waals surface area (Å²) in [5, 5.41) is 3.40. The van der Waals surface area contributed by atoms with Crippen molar-refractivity contribution >= 4 is 5.91 Å². The van der Waals surface area contributed by atoms with Gasteiger partial charge in [0, 0.05) is 32.3 Å². The molecule has 98 valence electrons. The molecule has 17 heavy (non-hydrogen) atoms. The third-order valence-corrected chi connectivity index (χ3v) is 3.40. The number of ether oxygens (including phenoxy) is 2. The maximum atomic E-state index is 12.1. The Hall–Kier alpha value is -0.650. The molecule has 1 amide bonds. The monoisotopic (exact) mass is 242 g/mol. The van der Waals surface area contributed by atoms with Gasteiger partial charge in [0.2, 0.25) is 5.91 Å². The lowest BCUT2D eigenvalue weighted by molar-refractivity contribution is -0.137. The summed E-state index contributed by atoms with van der Waals surface area (Å²) in [5.41, 5.74) is 0. The molecule has 1 unspecified atom stereocenters. The van der Waals surface area contributed by atoms with Crippen LogP contribution in [-0.4, -0.2) is 62.4 Å². The van der Waals surface area contributed by atoms with Crippen LogP contribution < -0.4 is 5.32 Å². The van der Waals surface area contributed by atoms with Crippen molar-refractivity contribution in [3.05, 3.63) is 0 Å². The van der Waals surface area contributed by atoms with Gasteiger partial charge in [-0.3, -0.25) is 4.79 Å². The molecule has 0 aliphatic carbocycles. The number of amides is 1. The molecule has 2 aliphatic heterocycles. The minimum absolute atomic E-state index is 0.101. The summed E-state index contributed by atoms with van der Waals surface area (Å²) >= 11 is 0. The van der Waals surface area contributed by atoms with E-state index in [2.05, 4.69) is 5.32 Å². The van der Waals surface area contributed by atoms with Gasteiger partial charge in [-0.05, 0) is 19.8 Å². The number of morpholine rings is 1. The van der Waals surface area contributed by atoms with Crippen molar-refractivity contribution in [3.8, 4) is 0 Å². The van der Waals surface area contributed by atoms with Gasteiger partial charge in [-0.1, -0.05) is 0 Å². The zero-order chi connectivity index (χ0) is 12.1. The van der Waals surface area contributed by atoms with E-state index in [0.29, 0.717) is 19.3 Å². The van der Waals surface area contributed by atoms with Gasteiger partial charge >= 0.3 is 0 Å². The second kappa shape index (κ2) is 6.33. The number of hydrogen-bond acceptors (Lipinski definition) is 4. The predicted molar refractivity (Wildman–Crippen MR) is 63.8 cm³/mol. The van der Waals surface area contributed by atoms with Crippen LogP contribution in [0.2, 0.25) is 0 Å². The highest BCUT2D eigenvalue weighted by Gasteiger charge is 2.25. The lowest BCUT2D eigenvalue weighted by atomic mass is 10.1. The normalized spacial score (nSPS) is 24.6.